The van der Waals surface area contributed by atoms with Crippen molar-refractivity contribution in [3.8, 4) is 0 Å². The third kappa shape index (κ3) is 1.95. The van der Waals surface area contributed by atoms with E-state index in [4.69, 9.17) is 0 Å². The predicted molar refractivity (Wildman–Crippen MR) is 100 cm³/mol. The van der Waals surface area contributed by atoms with E-state index in [0.29, 0.717) is 14.5 Å². The van der Waals surface area contributed by atoms with Crippen molar-refractivity contribution in [2.24, 2.45) is 0 Å². The molecule has 2 aromatic carbocycles. The van der Waals surface area contributed by atoms with Crippen LogP contribution in [0.2, 0.25) is 0 Å². The molecule has 4 aromatic rings. The summed E-state index contributed by atoms with van der Waals surface area (Å²) < 4.78 is 4.48. The third-order valence-corrected chi connectivity index (χ3v) is 7.62. The van der Waals surface area contributed by atoms with Gasteiger partial charge in [-0.1, -0.05) is 0 Å². The van der Waals surface area contributed by atoms with Crippen molar-refractivity contribution in [3.63, 3.8) is 0 Å². The number of fused-ring (bicyclic) bond motifs is 3. The second-order valence-corrected chi connectivity index (χ2v) is 9.70. The molecule has 0 fully saturated rings. The summed E-state index contributed by atoms with van der Waals surface area (Å²) in [5.41, 5.74) is 1.45. The summed E-state index contributed by atoms with van der Waals surface area (Å²) in [6.07, 6.45) is 7.72. The first-order chi connectivity index (χ1) is 10.8. The summed E-state index contributed by atoms with van der Waals surface area (Å²) in [7, 11) is 0. The first kappa shape index (κ1) is 12.9. The fourth-order valence-electron chi connectivity index (χ4n) is 3.24. The zero-order chi connectivity index (χ0) is 14.7. The standard InChI is InChI=1S/C20H14SSe/c1-12-6-17-8-14-7-16-10-18(13-4-2-3-5-13)21-19(16)9-15(14)11-20(17)22-12/h2-4,6-11H,5H2,1H3. The summed E-state index contributed by atoms with van der Waals surface area (Å²) in [6, 6.07) is 14.2. The van der Waals surface area contributed by atoms with Crippen LogP contribution in [0, 0.1) is 6.92 Å². The second kappa shape index (κ2) is 4.70. The molecule has 5 rings (SSSR count). The van der Waals surface area contributed by atoms with Gasteiger partial charge in [0.1, 0.15) is 0 Å². The van der Waals surface area contributed by atoms with Crippen molar-refractivity contribution in [1.82, 2.24) is 0 Å². The van der Waals surface area contributed by atoms with E-state index >= 15 is 0 Å². The van der Waals surface area contributed by atoms with Gasteiger partial charge in [0.25, 0.3) is 0 Å². The van der Waals surface area contributed by atoms with Crippen LogP contribution in [0.1, 0.15) is 15.7 Å². The van der Waals surface area contributed by atoms with Gasteiger partial charge in [0.05, 0.1) is 0 Å². The molecule has 0 N–H and O–H groups in total. The molecule has 2 aromatic heterocycles. The average Bonchev–Trinajstić information content (AvgIpc) is 3.20. The van der Waals surface area contributed by atoms with Crippen LogP contribution in [0.15, 0.2) is 54.6 Å². The van der Waals surface area contributed by atoms with Gasteiger partial charge in [-0.3, -0.25) is 0 Å². The van der Waals surface area contributed by atoms with Gasteiger partial charge in [-0.25, -0.2) is 0 Å². The fraction of sp³-hybridized carbons (Fsp3) is 0.100. The van der Waals surface area contributed by atoms with Crippen LogP contribution >= 0.6 is 11.3 Å². The Hall–Kier alpha value is -1.60. The van der Waals surface area contributed by atoms with E-state index in [0.717, 1.165) is 6.42 Å². The monoisotopic (exact) mass is 366 g/mol. The molecule has 0 spiro atoms. The molecular weight excluding hydrogens is 351 g/mol. The molecule has 1 aliphatic rings. The van der Waals surface area contributed by atoms with E-state index in [2.05, 4.69) is 61.5 Å². The van der Waals surface area contributed by atoms with E-state index in [1.165, 1.54) is 45.4 Å². The Balaban J connectivity index is 1.77. The van der Waals surface area contributed by atoms with Gasteiger partial charge < -0.3 is 0 Å². The van der Waals surface area contributed by atoms with Crippen LogP contribution in [0.25, 0.3) is 36.1 Å². The average molecular weight is 365 g/mol. The van der Waals surface area contributed by atoms with Gasteiger partial charge in [-0.2, -0.15) is 0 Å². The quantitative estimate of drug-likeness (QED) is 0.368. The van der Waals surface area contributed by atoms with Gasteiger partial charge in [0.2, 0.25) is 0 Å². The molecule has 0 amide bonds. The topological polar surface area (TPSA) is 0 Å². The van der Waals surface area contributed by atoms with Gasteiger partial charge in [-0.05, 0) is 0 Å². The van der Waals surface area contributed by atoms with Gasteiger partial charge >= 0.3 is 139 Å². The Bertz CT molecular complexity index is 1030. The van der Waals surface area contributed by atoms with Crippen LogP contribution in [0.3, 0.4) is 0 Å². The van der Waals surface area contributed by atoms with E-state index in [1.807, 2.05) is 11.3 Å². The first-order valence-corrected chi connectivity index (χ1v) is 10.0. The second-order valence-electron chi connectivity index (χ2n) is 5.92. The maximum absolute atomic E-state index is 2.41. The van der Waals surface area contributed by atoms with Crippen LogP contribution in [0.5, 0.6) is 0 Å². The number of allylic oxidation sites excluding steroid dienone is 4. The van der Waals surface area contributed by atoms with E-state index < -0.39 is 0 Å². The Morgan fingerprint density at radius 2 is 1.77 bits per heavy atom. The van der Waals surface area contributed by atoms with Crippen molar-refractivity contribution >= 4 is 61.9 Å². The maximum atomic E-state index is 2.41. The molecule has 0 saturated carbocycles. The number of rotatable bonds is 1. The third-order valence-electron chi connectivity index (χ3n) is 4.32. The van der Waals surface area contributed by atoms with Gasteiger partial charge in [-0.15, -0.1) is 0 Å². The molecule has 2 heterocycles. The first-order valence-electron chi connectivity index (χ1n) is 7.50. The predicted octanol–water partition coefficient (Wildman–Crippen LogP) is 5.92. The molecule has 0 nitrogen and oxygen atoms in total. The minimum atomic E-state index is 0.527. The van der Waals surface area contributed by atoms with E-state index in [1.54, 1.807) is 0 Å². The molecule has 0 unspecified atom stereocenters. The molecule has 1 aliphatic carbocycles. The summed E-state index contributed by atoms with van der Waals surface area (Å²) in [6.45, 7) is 2.25. The molecule has 2 heteroatoms. The van der Waals surface area contributed by atoms with Crippen molar-refractivity contribution < 1.29 is 0 Å². The van der Waals surface area contributed by atoms with E-state index in [9.17, 15) is 0 Å². The Kier molecular flexibility index (Phi) is 2.75. The number of thiophene rings is 1. The van der Waals surface area contributed by atoms with Crippen LogP contribution in [-0.4, -0.2) is 14.5 Å². The zero-order valence-corrected chi connectivity index (χ0v) is 14.7. The SMILES string of the molecule is Cc1cc2cc3cc4cc(C5=CC=CC5)sc4cc3cc2[se]1. The van der Waals surface area contributed by atoms with Crippen LogP contribution in [-0.2, 0) is 0 Å². The fourth-order valence-corrected chi connectivity index (χ4v) is 6.37. The number of aryl methyl sites for hydroxylation is 1. The molecule has 0 bridgehead atoms. The van der Waals surface area contributed by atoms with Crippen LogP contribution < -0.4 is 0 Å². The van der Waals surface area contributed by atoms with Crippen molar-refractivity contribution in [3.05, 3.63) is 63.9 Å². The zero-order valence-electron chi connectivity index (χ0n) is 12.2. The molecule has 106 valence electrons. The number of hydrogen-bond acceptors (Lipinski definition) is 1. The Morgan fingerprint density at radius 1 is 0.909 bits per heavy atom. The molecule has 0 saturated heterocycles. The summed E-state index contributed by atoms with van der Waals surface area (Å²) in [5.74, 6) is 0. The van der Waals surface area contributed by atoms with E-state index in [-0.39, 0.29) is 0 Å². The Morgan fingerprint density at radius 3 is 2.64 bits per heavy atom. The molecule has 0 atom stereocenters. The molecule has 22 heavy (non-hydrogen) atoms. The van der Waals surface area contributed by atoms with Gasteiger partial charge in [0.15, 0.2) is 0 Å². The summed E-state index contributed by atoms with van der Waals surface area (Å²) >= 11 is 2.45. The summed E-state index contributed by atoms with van der Waals surface area (Å²) in [4.78, 5) is 1.42. The van der Waals surface area contributed by atoms with Crippen molar-refractivity contribution in [2.45, 2.75) is 13.3 Å². The van der Waals surface area contributed by atoms with Gasteiger partial charge in [0, 0.05) is 0 Å². The normalized spacial score (nSPS) is 14.5. The number of benzene rings is 2. The Labute approximate surface area is 139 Å². The molecule has 0 radical (unpaired) electrons. The minimum absolute atomic E-state index is 0.527. The van der Waals surface area contributed by atoms with Crippen molar-refractivity contribution in [1.29, 1.82) is 0 Å². The molecule has 0 aliphatic heterocycles. The summed E-state index contributed by atoms with van der Waals surface area (Å²) in [5, 5.41) is 5.57. The molecular formula is C20H14SSe. The number of hydrogen-bond donors (Lipinski definition) is 0. The van der Waals surface area contributed by atoms with Crippen molar-refractivity contribution in [2.75, 3.05) is 0 Å². The van der Waals surface area contributed by atoms with Crippen LogP contribution in [0.4, 0.5) is 0 Å².